The summed E-state index contributed by atoms with van der Waals surface area (Å²) in [6.07, 6.45) is 3.22. The van der Waals surface area contributed by atoms with E-state index >= 15 is 0 Å². The molecule has 2 aromatic heterocycles. The molecule has 2 N–H and O–H groups in total. The van der Waals surface area contributed by atoms with Gasteiger partial charge in [0, 0.05) is 41.9 Å². The van der Waals surface area contributed by atoms with E-state index in [0.717, 1.165) is 30.8 Å². The average Bonchev–Trinajstić information content (AvgIpc) is 2.97. The third-order valence-electron chi connectivity index (χ3n) is 4.12. The number of hydrogen-bond donors (Lipinski definition) is 2. The monoisotopic (exact) mass is 316 g/mol. The number of halogens is 1. The largest absolute Gasteiger partial charge is 0.350 e. The lowest BCUT2D eigenvalue weighted by Crippen LogP contribution is -2.17. The van der Waals surface area contributed by atoms with Crippen LogP contribution < -0.4 is 5.32 Å². The minimum Gasteiger partial charge on any atom is -0.350 e. The van der Waals surface area contributed by atoms with Crippen LogP contribution in [0.1, 0.15) is 22.4 Å². The Labute approximate surface area is 135 Å². The maximum absolute atomic E-state index is 6.05. The van der Waals surface area contributed by atoms with Gasteiger partial charge in [-0.25, -0.2) is 0 Å². The van der Waals surface area contributed by atoms with Crippen molar-refractivity contribution < 1.29 is 0 Å². The normalized spacial score (nSPS) is 11.5. The number of aromatic nitrogens is 3. The van der Waals surface area contributed by atoms with E-state index in [2.05, 4.69) is 58.4 Å². The van der Waals surface area contributed by atoms with E-state index in [1.54, 1.807) is 0 Å². The van der Waals surface area contributed by atoms with Crippen LogP contribution in [0.5, 0.6) is 0 Å². The smallest absolute Gasteiger partial charge is 0.155 e. The van der Waals surface area contributed by atoms with Gasteiger partial charge in [0.1, 0.15) is 0 Å². The fraction of sp³-hybridized carbons (Fsp3) is 0.353. The molecule has 116 valence electrons. The molecule has 0 bridgehead atoms. The molecule has 0 fully saturated rings. The Morgan fingerprint density at radius 2 is 2.14 bits per heavy atom. The van der Waals surface area contributed by atoms with E-state index in [1.165, 1.54) is 22.0 Å². The second-order valence-corrected chi connectivity index (χ2v) is 6.19. The predicted octanol–water partition coefficient (Wildman–Crippen LogP) is 3.50. The summed E-state index contributed by atoms with van der Waals surface area (Å²) in [4.78, 5) is 0. The third kappa shape index (κ3) is 2.89. The van der Waals surface area contributed by atoms with Crippen molar-refractivity contribution in [2.24, 2.45) is 7.05 Å². The summed E-state index contributed by atoms with van der Waals surface area (Å²) in [6.45, 7) is 5.78. The van der Waals surface area contributed by atoms with E-state index in [-0.39, 0.29) is 0 Å². The Balaban J connectivity index is 1.66. The van der Waals surface area contributed by atoms with Crippen molar-refractivity contribution >= 4 is 22.5 Å². The van der Waals surface area contributed by atoms with Gasteiger partial charge >= 0.3 is 0 Å². The van der Waals surface area contributed by atoms with Crippen LogP contribution >= 0.6 is 11.6 Å². The SMILES string of the molecule is Cc1ccc2c(c1)c(CCNCc1c(Cl)n[nH]c1C)cn2C. The second kappa shape index (κ2) is 6.15. The average molecular weight is 317 g/mol. The number of fused-ring (bicyclic) bond motifs is 1. The van der Waals surface area contributed by atoms with Crippen molar-refractivity contribution in [3.63, 3.8) is 0 Å². The van der Waals surface area contributed by atoms with Crippen LogP contribution in [0, 0.1) is 13.8 Å². The molecule has 0 aliphatic rings. The fourth-order valence-electron chi connectivity index (χ4n) is 2.85. The lowest BCUT2D eigenvalue weighted by molar-refractivity contribution is 0.685. The van der Waals surface area contributed by atoms with E-state index in [0.29, 0.717) is 5.15 Å². The van der Waals surface area contributed by atoms with Crippen molar-refractivity contribution in [1.82, 2.24) is 20.1 Å². The Kier molecular flexibility index (Phi) is 4.23. The molecular weight excluding hydrogens is 296 g/mol. The molecule has 1 aromatic carbocycles. The number of hydrogen-bond acceptors (Lipinski definition) is 2. The first-order valence-corrected chi connectivity index (χ1v) is 7.88. The number of aromatic amines is 1. The van der Waals surface area contributed by atoms with Gasteiger partial charge in [-0.3, -0.25) is 5.10 Å². The lowest BCUT2D eigenvalue weighted by atomic mass is 10.1. The van der Waals surface area contributed by atoms with Gasteiger partial charge in [-0.1, -0.05) is 23.2 Å². The summed E-state index contributed by atoms with van der Waals surface area (Å²) in [5.74, 6) is 0. The summed E-state index contributed by atoms with van der Waals surface area (Å²) in [7, 11) is 2.10. The Morgan fingerprint density at radius 1 is 1.32 bits per heavy atom. The summed E-state index contributed by atoms with van der Waals surface area (Å²) < 4.78 is 2.20. The van der Waals surface area contributed by atoms with Crippen molar-refractivity contribution in [3.05, 3.63) is 51.9 Å². The Morgan fingerprint density at radius 3 is 2.86 bits per heavy atom. The first-order valence-electron chi connectivity index (χ1n) is 7.51. The zero-order valence-electron chi connectivity index (χ0n) is 13.2. The highest BCUT2D eigenvalue weighted by atomic mass is 35.5. The number of aryl methyl sites for hydroxylation is 3. The summed E-state index contributed by atoms with van der Waals surface area (Å²) in [5.41, 5.74) is 6.04. The zero-order valence-corrected chi connectivity index (χ0v) is 14.0. The van der Waals surface area contributed by atoms with Crippen molar-refractivity contribution in [2.75, 3.05) is 6.54 Å². The Hall–Kier alpha value is -1.78. The second-order valence-electron chi connectivity index (χ2n) is 5.83. The molecule has 0 radical (unpaired) electrons. The molecule has 0 spiro atoms. The predicted molar refractivity (Wildman–Crippen MR) is 91.4 cm³/mol. The minimum absolute atomic E-state index is 0.561. The number of rotatable bonds is 5. The van der Waals surface area contributed by atoms with Crippen LogP contribution in [-0.2, 0) is 20.0 Å². The number of nitrogens with zero attached hydrogens (tertiary/aromatic N) is 2. The van der Waals surface area contributed by atoms with Gasteiger partial charge in [-0.15, -0.1) is 0 Å². The molecule has 0 atom stereocenters. The molecule has 3 aromatic rings. The first kappa shape index (κ1) is 15.1. The van der Waals surface area contributed by atoms with Crippen LogP contribution in [-0.4, -0.2) is 21.3 Å². The third-order valence-corrected chi connectivity index (χ3v) is 4.44. The van der Waals surface area contributed by atoms with Gasteiger partial charge in [0.15, 0.2) is 5.15 Å². The summed E-state index contributed by atoms with van der Waals surface area (Å²) >= 11 is 6.05. The molecule has 22 heavy (non-hydrogen) atoms. The van der Waals surface area contributed by atoms with Crippen LogP contribution in [0.25, 0.3) is 10.9 Å². The van der Waals surface area contributed by atoms with Crippen LogP contribution in [0.3, 0.4) is 0 Å². The van der Waals surface area contributed by atoms with E-state index < -0.39 is 0 Å². The topological polar surface area (TPSA) is 45.6 Å². The van der Waals surface area contributed by atoms with Crippen molar-refractivity contribution in [2.45, 2.75) is 26.8 Å². The van der Waals surface area contributed by atoms with E-state index in [4.69, 9.17) is 11.6 Å². The summed E-state index contributed by atoms with van der Waals surface area (Å²) in [6, 6.07) is 6.62. The van der Waals surface area contributed by atoms with E-state index in [9.17, 15) is 0 Å². The highest BCUT2D eigenvalue weighted by Gasteiger charge is 2.09. The highest BCUT2D eigenvalue weighted by molar-refractivity contribution is 6.30. The highest BCUT2D eigenvalue weighted by Crippen LogP contribution is 2.22. The van der Waals surface area contributed by atoms with Gasteiger partial charge in [-0.2, -0.15) is 5.10 Å². The molecule has 2 heterocycles. The fourth-order valence-corrected chi connectivity index (χ4v) is 3.10. The zero-order chi connectivity index (χ0) is 15.7. The Bertz CT molecular complexity index is 781. The van der Waals surface area contributed by atoms with Gasteiger partial charge in [0.25, 0.3) is 0 Å². The maximum Gasteiger partial charge on any atom is 0.155 e. The van der Waals surface area contributed by atoms with Crippen LogP contribution in [0.4, 0.5) is 0 Å². The molecule has 3 rings (SSSR count). The van der Waals surface area contributed by atoms with Crippen molar-refractivity contribution in [1.29, 1.82) is 0 Å². The van der Waals surface area contributed by atoms with Crippen LogP contribution in [0.15, 0.2) is 24.4 Å². The minimum atomic E-state index is 0.561. The van der Waals surface area contributed by atoms with Crippen LogP contribution in [0.2, 0.25) is 5.15 Å². The molecule has 0 amide bonds. The quantitative estimate of drug-likeness (QED) is 0.708. The molecule has 5 heteroatoms. The molecule has 4 nitrogen and oxygen atoms in total. The van der Waals surface area contributed by atoms with Crippen molar-refractivity contribution in [3.8, 4) is 0 Å². The maximum atomic E-state index is 6.05. The molecule has 0 aliphatic heterocycles. The first-order chi connectivity index (χ1) is 10.6. The number of benzene rings is 1. The van der Waals surface area contributed by atoms with Gasteiger partial charge in [-0.05, 0) is 44.5 Å². The molecular formula is C17H21ClN4. The van der Waals surface area contributed by atoms with Gasteiger partial charge in [0.05, 0.1) is 0 Å². The molecule has 0 aliphatic carbocycles. The van der Waals surface area contributed by atoms with Gasteiger partial charge in [0.2, 0.25) is 0 Å². The van der Waals surface area contributed by atoms with Gasteiger partial charge < -0.3 is 9.88 Å². The standard InChI is InChI=1S/C17H21ClN4/c1-11-4-5-16-14(8-11)13(10-22(16)3)6-7-19-9-15-12(2)20-21-17(15)18/h4-5,8,10,19H,6-7,9H2,1-3H3,(H,20,21). The van der Waals surface area contributed by atoms with E-state index in [1.807, 2.05) is 6.92 Å². The molecule has 0 saturated carbocycles. The number of H-pyrrole nitrogens is 1. The molecule has 0 unspecified atom stereocenters. The molecule has 0 saturated heterocycles. The number of nitrogens with one attached hydrogen (secondary N) is 2. The summed E-state index contributed by atoms with van der Waals surface area (Å²) in [5, 5.41) is 12.3. The lowest BCUT2D eigenvalue weighted by Gasteiger charge is -2.04.